The summed E-state index contributed by atoms with van der Waals surface area (Å²) in [6, 6.07) is 0. The van der Waals surface area contributed by atoms with Gasteiger partial charge in [-0.25, -0.2) is 8.42 Å². The Hall–Kier alpha value is -1.12. The van der Waals surface area contributed by atoms with Crippen molar-refractivity contribution in [3.63, 3.8) is 0 Å². The number of carbonyl (C=O) groups excluding carboxylic acids is 1. The molecule has 0 saturated carbocycles. The third-order valence-corrected chi connectivity index (χ3v) is 6.29. The number of piperidine rings is 1. The zero-order chi connectivity index (χ0) is 15.8. The topological polar surface area (TPSA) is 89.7 Å². The van der Waals surface area contributed by atoms with Gasteiger partial charge in [-0.05, 0) is 12.8 Å². The van der Waals surface area contributed by atoms with Gasteiger partial charge in [-0.2, -0.15) is 0 Å². The van der Waals surface area contributed by atoms with Crippen LogP contribution in [0, 0.1) is 0 Å². The van der Waals surface area contributed by atoms with Crippen molar-refractivity contribution in [2.75, 3.05) is 37.1 Å². The molecule has 0 atom stereocenters. The van der Waals surface area contributed by atoms with Crippen LogP contribution >= 0.6 is 11.3 Å². The van der Waals surface area contributed by atoms with Crippen molar-refractivity contribution < 1.29 is 17.9 Å². The highest BCUT2D eigenvalue weighted by Crippen LogP contribution is 2.42. The van der Waals surface area contributed by atoms with E-state index >= 15 is 0 Å². The Morgan fingerprint density at radius 1 is 1.38 bits per heavy atom. The molecule has 8 heteroatoms. The van der Waals surface area contributed by atoms with Crippen molar-refractivity contribution in [1.82, 2.24) is 0 Å². The molecule has 0 aromatic carbocycles. The first-order valence-electron chi connectivity index (χ1n) is 6.66. The number of rotatable bonds is 4. The van der Waals surface area contributed by atoms with E-state index in [1.807, 2.05) is 4.90 Å². The Morgan fingerprint density at radius 3 is 2.38 bits per heavy atom. The van der Waals surface area contributed by atoms with Crippen LogP contribution in [-0.2, 0) is 14.6 Å². The molecule has 1 aromatic rings. The number of sulfone groups is 1. The zero-order valence-electron chi connectivity index (χ0n) is 12.4. The van der Waals surface area contributed by atoms with Gasteiger partial charge in [0, 0.05) is 33.4 Å². The van der Waals surface area contributed by atoms with Crippen molar-refractivity contribution in [2.45, 2.75) is 30.8 Å². The van der Waals surface area contributed by atoms with Crippen LogP contribution < -0.4 is 10.6 Å². The van der Waals surface area contributed by atoms with E-state index in [0.29, 0.717) is 23.0 Å². The molecule has 0 aliphatic carbocycles. The summed E-state index contributed by atoms with van der Waals surface area (Å²) in [6.07, 6.45) is 2.98. The molecule has 21 heavy (non-hydrogen) atoms. The average Bonchev–Trinajstić information content (AvgIpc) is 2.76. The number of nitrogen functional groups attached to an aromatic ring is 1. The van der Waals surface area contributed by atoms with E-state index < -0.39 is 9.84 Å². The second kappa shape index (κ2) is 5.94. The van der Waals surface area contributed by atoms with Crippen LogP contribution in [0.15, 0.2) is 4.90 Å². The van der Waals surface area contributed by atoms with Gasteiger partial charge in [0.2, 0.25) is 0 Å². The van der Waals surface area contributed by atoms with E-state index in [0.717, 1.165) is 19.1 Å². The lowest BCUT2D eigenvalue weighted by molar-refractivity contribution is 0.0819. The summed E-state index contributed by atoms with van der Waals surface area (Å²) < 4.78 is 29.4. The first-order chi connectivity index (χ1) is 9.75. The van der Waals surface area contributed by atoms with Gasteiger partial charge in [0.05, 0.1) is 16.7 Å². The summed E-state index contributed by atoms with van der Waals surface area (Å²) in [5, 5.41) is 0.578. The quantitative estimate of drug-likeness (QED) is 0.842. The fourth-order valence-corrected chi connectivity index (χ4v) is 5.19. The highest BCUT2D eigenvalue weighted by atomic mass is 32.2. The Labute approximate surface area is 128 Å². The van der Waals surface area contributed by atoms with Crippen LogP contribution in [0.4, 0.5) is 10.7 Å². The summed E-state index contributed by atoms with van der Waals surface area (Å²) in [5.41, 5.74) is 5.99. The van der Waals surface area contributed by atoms with Crippen LogP contribution in [0.1, 0.15) is 29.4 Å². The predicted molar refractivity (Wildman–Crippen MR) is 84.1 cm³/mol. The minimum Gasteiger partial charge on any atom is -0.396 e. The molecule has 0 bridgehead atoms. The number of carbonyl (C=O) groups is 1. The fraction of sp³-hybridized carbons (Fsp3) is 0.615. The van der Waals surface area contributed by atoms with E-state index in [2.05, 4.69) is 0 Å². The molecule has 0 spiro atoms. The zero-order valence-corrected chi connectivity index (χ0v) is 14.0. The van der Waals surface area contributed by atoms with Crippen molar-refractivity contribution in [2.24, 2.45) is 0 Å². The molecule has 1 fully saturated rings. The van der Waals surface area contributed by atoms with E-state index in [-0.39, 0.29) is 22.5 Å². The molecule has 2 N–H and O–H groups in total. The molecular weight excluding hydrogens is 312 g/mol. The first kappa shape index (κ1) is 16.3. The summed E-state index contributed by atoms with van der Waals surface area (Å²) >= 11 is 1.17. The molecular formula is C13H20N2O4S2. The SMILES string of the molecule is COC1CCN(c2sc(C(C)=O)c(N)c2S(C)(=O)=O)CC1. The number of nitrogens with zero attached hydrogens (tertiary/aromatic N) is 1. The van der Waals surface area contributed by atoms with Gasteiger partial charge in [-0.3, -0.25) is 4.79 Å². The van der Waals surface area contributed by atoms with E-state index in [4.69, 9.17) is 10.5 Å². The molecule has 1 aliphatic heterocycles. The fourth-order valence-electron chi connectivity index (χ4n) is 2.54. The molecule has 1 aromatic heterocycles. The van der Waals surface area contributed by atoms with Crippen molar-refractivity contribution in [3.8, 4) is 0 Å². The van der Waals surface area contributed by atoms with Gasteiger partial charge in [-0.1, -0.05) is 0 Å². The van der Waals surface area contributed by atoms with Gasteiger partial charge in [0.1, 0.15) is 9.90 Å². The lowest BCUT2D eigenvalue weighted by atomic mass is 10.1. The van der Waals surface area contributed by atoms with Crippen LogP contribution in [0.3, 0.4) is 0 Å². The van der Waals surface area contributed by atoms with Crippen LogP contribution in [0.2, 0.25) is 0 Å². The number of methoxy groups -OCH3 is 1. The summed E-state index contributed by atoms with van der Waals surface area (Å²) in [4.78, 5) is 14.0. The van der Waals surface area contributed by atoms with Crippen LogP contribution in [0.5, 0.6) is 0 Å². The lowest BCUT2D eigenvalue weighted by Gasteiger charge is -2.32. The summed E-state index contributed by atoms with van der Waals surface area (Å²) in [5.74, 6) is -0.208. The van der Waals surface area contributed by atoms with Gasteiger partial charge in [-0.15, -0.1) is 11.3 Å². The number of ether oxygens (including phenoxy) is 1. The first-order valence-corrected chi connectivity index (χ1v) is 9.37. The number of Topliss-reactive ketones (excluding diaryl/α,β-unsaturated/α-hetero) is 1. The second-order valence-electron chi connectivity index (χ2n) is 5.23. The van der Waals surface area contributed by atoms with Crippen LogP contribution in [0.25, 0.3) is 0 Å². The van der Waals surface area contributed by atoms with Gasteiger partial charge in [0.25, 0.3) is 0 Å². The lowest BCUT2D eigenvalue weighted by Crippen LogP contribution is -2.36. The van der Waals surface area contributed by atoms with E-state index in [1.54, 1.807) is 7.11 Å². The number of anilines is 2. The maximum atomic E-state index is 12.0. The molecule has 2 rings (SSSR count). The van der Waals surface area contributed by atoms with Gasteiger partial charge in [0.15, 0.2) is 15.6 Å². The number of nitrogens with two attached hydrogens (primary N) is 1. The minimum atomic E-state index is -3.48. The highest BCUT2D eigenvalue weighted by Gasteiger charge is 2.30. The monoisotopic (exact) mass is 332 g/mol. The Balaban J connectivity index is 2.44. The summed E-state index contributed by atoms with van der Waals surface area (Å²) in [6.45, 7) is 2.78. The largest absolute Gasteiger partial charge is 0.396 e. The predicted octanol–water partition coefficient (Wildman–Crippen LogP) is 1.55. The number of thiophene rings is 1. The Kier molecular flexibility index (Phi) is 4.60. The molecule has 0 amide bonds. The van der Waals surface area contributed by atoms with Gasteiger partial charge >= 0.3 is 0 Å². The summed E-state index contributed by atoms with van der Waals surface area (Å²) in [7, 11) is -1.81. The standard InChI is InChI=1S/C13H20N2O4S2/c1-8(16)11-10(14)12(21(3,17)18)13(20-11)15-6-4-9(19-2)5-7-15/h9H,4-7,14H2,1-3H3. The third kappa shape index (κ3) is 3.22. The number of hydrogen-bond donors (Lipinski definition) is 1. The highest BCUT2D eigenvalue weighted by molar-refractivity contribution is 7.91. The molecule has 0 radical (unpaired) electrons. The average molecular weight is 332 g/mol. The van der Waals surface area contributed by atoms with Gasteiger partial charge < -0.3 is 15.4 Å². The maximum Gasteiger partial charge on any atom is 0.180 e. The van der Waals surface area contributed by atoms with Crippen molar-refractivity contribution >= 4 is 37.6 Å². The third-order valence-electron chi connectivity index (χ3n) is 3.64. The van der Waals surface area contributed by atoms with Crippen molar-refractivity contribution in [1.29, 1.82) is 0 Å². The molecule has 118 valence electrons. The number of ketones is 1. The second-order valence-corrected chi connectivity index (χ2v) is 8.18. The number of hydrogen-bond acceptors (Lipinski definition) is 7. The Bertz CT molecular complexity index is 643. The van der Waals surface area contributed by atoms with Crippen molar-refractivity contribution in [3.05, 3.63) is 4.88 Å². The van der Waals surface area contributed by atoms with Crippen LogP contribution in [-0.4, -0.2) is 46.8 Å². The molecule has 2 heterocycles. The molecule has 1 aliphatic rings. The molecule has 0 unspecified atom stereocenters. The Morgan fingerprint density at radius 2 is 1.95 bits per heavy atom. The maximum absolute atomic E-state index is 12.0. The minimum absolute atomic E-state index is 0.0823. The molecule has 1 saturated heterocycles. The smallest absolute Gasteiger partial charge is 0.180 e. The normalized spacial score (nSPS) is 17.2. The molecule has 6 nitrogen and oxygen atoms in total. The van der Waals surface area contributed by atoms with E-state index in [9.17, 15) is 13.2 Å². The van der Waals surface area contributed by atoms with E-state index in [1.165, 1.54) is 18.3 Å².